The highest BCUT2D eigenvalue weighted by Gasteiger charge is 2.54. The topological polar surface area (TPSA) is 103 Å². The first kappa shape index (κ1) is 41.4. The molecule has 8 rings (SSSR count). The van der Waals surface area contributed by atoms with Gasteiger partial charge in [-0.2, -0.15) is 0 Å². The maximum atomic E-state index is 12.4. The van der Waals surface area contributed by atoms with Crippen LogP contribution in [-0.2, 0) is 69.1 Å². The fourth-order valence-corrected chi connectivity index (χ4v) is 8.21. The van der Waals surface area contributed by atoms with E-state index < -0.39 is 61.4 Å². The van der Waals surface area contributed by atoms with Gasteiger partial charge in [0.1, 0.15) is 36.6 Å². The SMILES string of the molecule is CO[C@@H]1O[C@H](COCc2ccccc2)[C@@H](O[C@@H]2C[C@@H]3CO[C@@H](c4ccccc4)O[C@H]3[C@H](OCc3ccccc3)[C@H]2O)[C@H](OCc2ccccc2)[C@H]1OCc1ccccc1. The molecule has 2 aliphatic heterocycles. The second-order valence-electron chi connectivity index (χ2n) is 15.4. The Kier molecular flexibility index (Phi) is 14.6. The Morgan fingerprint density at radius 1 is 0.559 bits per heavy atom. The van der Waals surface area contributed by atoms with Crippen molar-refractivity contribution in [3.8, 4) is 0 Å². The average Bonchev–Trinajstić information content (AvgIpc) is 3.29. The van der Waals surface area contributed by atoms with E-state index in [1.165, 1.54) is 0 Å². The van der Waals surface area contributed by atoms with Gasteiger partial charge in [0.25, 0.3) is 0 Å². The number of methoxy groups -OCH3 is 1. The summed E-state index contributed by atoms with van der Waals surface area (Å²) < 4.78 is 59.4. The number of aliphatic hydroxyl groups excluding tert-OH is 1. The maximum Gasteiger partial charge on any atom is 0.186 e. The van der Waals surface area contributed by atoms with Crippen LogP contribution in [0.15, 0.2) is 152 Å². The molecule has 59 heavy (non-hydrogen) atoms. The molecule has 2 saturated heterocycles. The predicted molar refractivity (Wildman–Crippen MR) is 220 cm³/mol. The van der Waals surface area contributed by atoms with Crippen molar-refractivity contribution in [2.45, 2.75) is 94.3 Å². The van der Waals surface area contributed by atoms with Crippen molar-refractivity contribution < 1.29 is 47.7 Å². The van der Waals surface area contributed by atoms with Gasteiger partial charge in [-0.3, -0.25) is 0 Å². The first-order valence-electron chi connectivity index (χ1n) is 20.5. The lowest BCUT2D eigenvalue weighted by Gasteiger charge is -2.51. The number of benzene rings is 5. The molecule has 2 heterocycles. The molecule has 5 aromatic rings. The molecule has 1 saturated carbocycles. The van der Waals surface area contributed by atoms with Gasteiger partial charge in [-0.15, -0.1) is 0 Å². The zero-order valence-electron chi connectivity index (χ0n) is 33.4. The molecule has 310 valence electrons. The normalized spacial score (nSPS) is 29.4. The Morgan fingerprint density at radius 2 is 1.05 bits per heavy atom. The third-order valence-corrected chi connectivity index (χ3v) is 11.3. The standard InChI is InChI=1S/C49H54O10/c1-51-49-47(55-31-37-23-13-5-14-24-37)46(54-30-36-21-11-4-12-22-36)44(41(58-49)33-52-28-34-17-7-2-8-18-34)57-40-27-39-32-56-48(38-25-15-6-16-26-38)59-43(39)45(42(40)50)53-29-35-19-9-3-10-20-35/h2-26,39-50H,27-33H2,1H3/t39-,40-,41-,42+,43-,44-,45-,46+,47-,48-,49-/m1/s1. The summed E-state index contributed by atoms with van der Waals surface area (Å²) in [5, 5.41) is 12.4. The number of hydrogen-bond acceptors (Lipinski definition) is 10. The van der Waals surface area contributed by atoms with Crippen LogP contribution in [0.25, 0.3) is 0 Å². The lowest BCUT2D eigenvalue weighted by atomic mass is 9.80. The molecule has 0 unspecified atom stereocenters. The summed E-state index contributed by atoms with van der Waals surface area (Å²) in [6, 6.07) is 49.7. The smallest absolute Gasteiger partial charge is 0.186 e. The number of aliphatic hydroxyl groups is 1. The largest absolute Gasteiger partial charge is 0.388 e. The maximum absolute atomic E-state index is 12.4. The Morgan fingerprint density at radius 3 is 1.59 bits per heavy atom. The minimum absolute atomic E-state index is 0.137. The van der Waals surface area contributed by atoms with Crippen molar-refractivity contribution in [1.82, 2.24) is 0 Å². The molecule has 11 atom stereocenters. The Hall–Kier alpha value is -4.30. The van der Waals surface area contributed by atoms with Crippen molar-refractivity contribution in [3.05, 3.63) is 179 Å². The van der Waals surface area contributed by atoms with E-state index in [4.69, 9.17) is 42.6 Å². The van der Waals surface area contributed by atoms with Crippen molar-refractivity contribution >= 4 is 0 Å². The van der Waals surface area contributed by atoms with Gasteiger partial charge >= 0.3 is 0 Å². The van der Waals surface area contributed by atoms with Crippen molar-refractivity contribution in [2.24, 2.45) is 5.92 Å². The van der Waals surface area contributed by atoms with E-state index in [1.807, 2.05) is 152 Å². The van der Waals surface area contributed by atoms with Crippen LogP contribution in [0, 0.1) is 5.92 Å². The number of hydrogen-bond donors (Lipinski definition) is 1. The zero-order valence-corrected chi connectivity index (χ0v) is 33.4. The van der Waals surface area contributed by atoms with Gasteiger partial charge in [0.15, 0.2) is 12.6 Å². The molecule has 10 nitrogen and oxygen atoms in total. The minimum Gasteiger partial charge on any atom is -0.388 e. The van der Waals surface area contributed by atoms with Crippen LogP contribution < -0.4 is 0 Å². The summed E-state index contributed by atoms with van der Waals surface area (Å²) in [6.07, 6.45) is -6.72. The van der Waals surface area contributed by atoms with E-state index in [0.29, 0.717) is 26.2 Å². The molecule has 1 N–H and O–H groups in total. The summed E-state index contributed by atoms with van der Waals surface area (Å²) in [4.78, 5) is 0. The fourth-order valence-electron chi connectivity index (χ4n) is 8.21. The predicted octanol–water partition coefficient (Wildman–Crippen LogP) is 7.58. The molecular weight excluding hydrogens is 749 g/mol. The molecule has 0 bridgehead atoms. The molecule has 0 radical (unpaired) electrons. The van der Waals surface area contributed by atoms with Crippen LogP contribution in [0.2, 0.25) is 0 Å². The molecule has 10 heteroatoms. The summed E-state index contributed by atoms with van der Waals surface area (Å²) in [7, 11) is 1.60. The molecule has 1 aliphatic carbocycles. The molecule has 3 fully saturated rings. The fraction of sp³-hybridized carbons (Fsp3) is 0.388. The Balaban J connectivity index is 1.09. The monoisotopic (exact) mass is 802 g/mol. The third-order valence-electron chi connectivity index (χ3n) is 11.3. The van der Waals surface area contributed by atoms with E-state index in [1.54, 1.807) is 7.11 Å². The van der Waals surface area contributed by atoms with Crippen molar-refractivity contribution in [2.75, 3.05) is 20.3 Å². The van der Waals surface area contributed by atoms with Crippen molar-refractivity contribution in [1.29, 1.82) is 0 Å². The molecular formula is C49H54O10. The number of rotatable bonds is 17. The van der Waals surface area contributed by atoms with Crippen LogP contribution in [0.3, 0.4) is 0 Å². The highest BCUT2D eigenvalue weighted by Crippen LogP contribution is 2.41. The lowest BCUT2D eigenvalue weighted by Crippen LogP contribution is -2.65. The third kappa shape index (κ3) is 10.7. The van der Waals surface area contributed by atoms with E-state index in [9.17, 15) is 5.11 Å². The minimum atomic E-state index is -1.07. The quantitative estimate of drug-likeness (QED) is 0.101. The average molecular weight is 803 g/mol. The second-order valence-corrected chi connectivity index (χ2v) is 15.4. The van der Waals surface area contributed by atoms with Gasteiger partial charge in [0.2, 0.25) is 0 Å². The second kappa shape index (κ2) is 20.8. The van der Waals surface area contributed by atoms with E-state index >= 15 is 0 Å². The van der Waals surface area contributed by atoms with Crippen LogP contribution in [-0.4, -0.2) is 80.6 Å². The van der Waals surface area contributed by atoms with Crippen LogP contribution >= 0.6 is 0 Å². The van der Waals surface area contributed by atoms with E-state index in [2.05, 4.69) is 0 Å². The van der Waals surface area contributed by atoms with Crippen molar-refractivity contribution in [3.63, 3.8) is 0 Å². The number of ether oxygens (including phenoxy) is 9. The van der Waals surface area contributed by atoms with Crippen LogP contribution in [0.4, 0.5) is 0 Å². The first-order valence-corrected chi connectivity index (χ1v) is 20.5. The van der Waals surface area contributed by atoms with Gasteiger partial charge in [0.05, 0.1) is 51.8 Å². The summed E-state index contributed by atoms with van der Waals surface area (Å²) in [6.45, 7) is 1.81. The van der Waals surface area contributed by atoms with Gasteiger partial charge in [0, 0.05) is 18.6 Å². The first-order chi connectivity index (χ1) is 29.1. The molecule has 5 aromatic carbocycles. The molecule has 0 aromatic heterocycles. The Bertz CT molecular complexity index is 1940. The van der Waals surface area contributed by atoms with Gasteiger partial charge in [-0.1, -0.05) is 152 Å². The molecule has 3 aliphatic rings. The summed E-state index contributed by atoms with van der Waals surface area (Å²) in [5.41, 5.74) is 4.91. The summed E-state index contributed by atoms with van der Waals surface area (Å²) in [5.74, 6) is -0.137. The van der Waals surface area contributed by atoms with Gasteiger partial charge < -0.3 is 47.7 Å². The van der Waals surface area contributed by atoms with Crippen LogP contribution in [0.1, 0.15) is 40.5 Å². The van der Waals surface area contributed by atoms with Gasteiger partial charge in [-0.05, 0) is 28.7 Å². The molecule has 0 spiro atoms. The van der Waals surface area contributed by atoms with E-state index in [0.717, 1.165) is 27.8 Å². The van der Waals surface area contributed by atoms with Gasteiger partial charge in [-0.25, -0.2) is 0 Å². The van der Waals surface area contributed by atoms with E-state index in [-0.39, 0.29) is 25.7 Å². The molecule has 0 amide bonds. The lowest BCUT2D eigenvalue weighted by molar-refractivity contribution is -0.342. The Labute approximate surface area is 346 Å². The van der Waals surface area contributed by atoms with Crippen LogP contribution in [0.5, 0.6) is 0 Å². The highest BCUT2D eigenvalue weighted by atomic mass is 16.7. The summed E-state index contributed by atoms with van der Waals surface area (Å²) >= 11 is 0. The number of fused-ring (bicyclic) bond motifs is 1. The highest BCUT2D eigenvalue weighted by molar-refractivity contribution is 5.18. The zero-order chi connectivity index (χ0) is 40.2.